The van der Waals surface area contributed by atoms with E-state index in [1.165, 1.54) is 37.4 Å². The van der Waals surface area contributed by atoms with Crippen molar-refractivity contribution in [3.8, 4) is 16.9 Å². The van der Waals surface area contributed by atoms with Crippen LogP contribution in [0.3, 0.4) is 0 Å². The Balaban J connectivity index is 1.64. The molecular weight excluding hydrogens is 531 g/mol. The number of primary sulfonamides is 1. The zero-order valence-corrected chi connectivity index (χ0v) is 22.2. The predicted octanol–water partition coefficient (Wildman–Crippen LogP) is 5.31. The molecule has 1 aliphatic rings. The molecule has 1 amide bonds. The first-order chi connectivity index (χ1) is 18.5. The first-order valence-electron chi connectivity index (χ1n) is 12.5. The number of halogens is 3. The molecular formula is C28H30F3N3O4S. The molecule has 208 valence electrons. The van der Waals surface area contributed by atoms with Crippen LogP contribution in [0.4, 0.5) is 18.9 Å². The quantitative estimate of drug-likeness (QED) is 0.369. The van der Waals surface area contributed by atoms with Crippen LogP contribution in [-0.4, -0.2) is 46.0 Å². The van der Waals surface area contributed by atoms with Crippen molar-refractivity contribution in [1.82, 2.24) is 4.90 Å². The van der Waals surface area contributed by atoms with Crippen LogP contribution in [0.2, 0.25) is 0 Å². The predicted molar refractivity (Wildman–Crippen MR) is 143 cm³/mol. The molecule has 0 spiro atoms. The molecule has 1 aliphatic heterocycles. The van der Waals surface area contributed by atoms with Crippen LogP contribution in [0.1, 0.15) is 40.7 Å². The van der Waals surface area contributed by atoms with Crippen molar-refractivity contribution in [2.24, 2.45) is 5.14 Å². The van der Waals surface area contributed by atoms with E-state index in [9.17, 15) is 26.4 Å². The Labute approximate surface area is 225 Å². The number of carbonyl (C=O) groups excluding carboxylic acids is 1. The summed E-state index contributed by atoms with van der Waals surface area (Å²) >= 11 is 0. The van der Waals surface area contributed by atoms with Crippen molar-refractivity contribution in [2.75, 3.05) is 32.1 Å². The maximum atomic E-state index is 13.8. The van der Waals surface area contributed by atoms with Gasteiger partial charge in [0.15, 0.2) is 0 Å². The number of aryl methyl sites for hydroxylation is 1. The van der Waals surface area contributed by atoms with E-state index in [-0.39, 0.29) is 21.8 Å². The Morgan fingerprint density at radius 2 is 1.74 bits per heavy atom. The third-order valence-electron chi connectivity index (χ3n) is 6.74. The van der Waals surface area contributed by atoms with E-state index in [1.54, 1.807) is 24.3 Å². The van der Waals surface area contributed by atoms with Crippen molar-refractivity contribution in [1.29, 1.82) is 0 Å². The molecule has 1 heterocycles. The molecule has 1 fully saturated rings. The van der Waals surface area contributed by atoms with Crippen molar-refractivity contribution >= 4 is 21.6 Å². The van der Waals surface area contributed by atoms with Crippen LogP contribution in [0.25, 0.3) is 11.1 Å². The van der Waals surface area contributed by atoms with Crippen LogP contribution < -0.4 is 15.2 Å². The summed E-state index contributed by atoms with van der Waals surface area (Å²) in [6.07, 6.45) is -0.939. The highest BCUT2D eigenvalue weighted by molar-refractivity contribution is 7.89. The number of rotatable bonds is 9. The molecule has 0 aliphatic carbocycles. The molecule has 3 N–H and O–H groups in total. The third-order valence-corrected chi connectivity index (χ3v) is 7.69. The largest absolute Gasteiger partial charge is 0.495 e. The number of alkyl halides is 3. The number of nitrogens with two attached hydrogens (primary N) is 1. The number of sulfonamides is 1. The molecule has 4 rings (SSSR count). The average molecular weight is 562 g/mol. The maximum Gasteiger partial charge on any atom is 0.417 e. The summed E-state index contributed by atoms with van der Waals surface area (Å²) in [6.45, 7) is 2.88. The number of methoxy groups -OCH3 is 1. The molecule has 3 aromatic carbocycles. The molecule has 0 radical (unpaired) electrons. The Bertz CT molecular complexity index is 1450. The minimum Gasteiger partial charge on any atom is -0.495 e. The normalized spacial score (nSPS) is 14.4. The maximum absolute atomic E-state index is 13.8. The summed E-state index contributed by atoms with van der Waals surface area (Å²) in [7, 11) is -2.79. The topological polar surface area (TPSA) is 102 Å². The molecule has 11 heteroatoms. The van der Waals surface area contributed by atoms with Gasteiger partial charge in [-0.2, -0.15) is 13.2 Å². The highest BCUT2D eigenvalue weighted by Gasteiger charge is 2.33. The van der Waals surface area contributed by atoms with Gasteiger partial charge in [-0.25, -0.2) is 13.6 Å². The van der Waals surface area contributed by atoms with E-state index in [1.807, 2.05) is 0 Å². The molecule has 0 atom stereocenters. The Hall–Kier alpha value is -3.41. The number of nitrogens with one attached hydrogen (secondary N) is 1. The van der Waals surface area contributed by atoms with Crippen LogP contribution >= 0.6 is 0 Å². The van der Waals surface area contributed by atoms with Gasteiger partial charge in [-0.1, -0.05) is 24.3 Å². The SMILES string of the molecule is COc1cc(C(=O)Nc2ccc(-c3ccccc3C(F)(F)F)c(CCCN3CCCC3)c2)ccc1S(N)(=O)=O. The number of ether oxygens (including phenoxy) is 1. The lowest BCUT2D eigenvalue weighted by Gasteiger charge is -2.19. The van der Waals surface area contributed by atoms with Crippen LogP contribution in [0.5, 0.6) is 5.75 Å². The van der Waals surface area contributed by atoms with Gasteiger partial charge in [0, 0.05) is 11.3 Å². The van der Waals surface area contributed by atoms with Gasteiger partial charge in [0.2, 0.25) is 10.0 Å². The van der Waals surface area contributed by atoms with Gasteiger partial charge in [0.05, 0.1) is 12.7 Å². The summed E-state index contributed by atoms with van der Waals surface area (Å²) in [5.74, 6) is -0.618. The van der Waals surface area contributed by atoms with E-state index < -0.39 is 27.7 Å². The number of nitrogens with zero attached hydrogens (tertiary/aromatic N) is 1. The second kappa shape index (κ2) is 11.8. The highest BCUT2D eigenvalue weighted by Crippen LogP contribution is 2.39. The number of hydrogen-bond acceptors (Lipinski definition) is 5. The van der Waals surface area contributed by atoms with Gasteiger partial charge in [0.1, 0.15) is 10.6 Å². The number of amides is 1. The second-order valence-electron chi connectivity index (χ2n) is 9.43. The molecule has 39 heavy (non-hydrogen) atoms. The monoisotopic (exact) mass is 561 g/mol. The van der Waals surface area contributed by atoms with Gasteiger partial charge >= 0.3 is 6.18 Å². The molecule has 0 bridgehead atoms. The van der Waals surface area contributed by atoms with Gasteiger partial charge in [0.25, 0.3) is 5.91 Å². The minimum absolute atomic E-state index is 0.0770. The van der Waals surface area contributed by atoms with Crippen molar-refractivity contribution in [3.05, 3.63) is 77.4 Å². The van der Waals surface area contributed by atoms with Gasteiger partial charge in [-0.15, -0.1) is 0 Å². The van der Waals surface area contributed by atoms with Gasteiger partial charge < -0.3 is 15.0 Å². The zero-order valence-electron chi connectivity index (χ0n) is 21.4. The Morgan fingerprint density at radius 3 is 2.41 bits per heavy atom. The number of likely N-dealkylation sites (tertiary alicyclic amines) is 1. The highest BCUT2D eigenvalue weighted by atomic mass is 32.2. The summed E-state index contributed by atoms with van der Waals surface area (Å²) < 4.78 is 70.0. The lowest BCUT2D eigenvalue weighted by molar-refractivity contribution is -0.137. The minimum atomic E-state index is -4.52. The standard InChI is InChI=1S/C28H30F3N3O4S/c1-38-25-18-20(10-13-26(25)39(32,36)37)27(35)33-21-11-12-22(23-8-2-3-9-24(23)28(29,30)31)19(17-21)7-6-16-34-14-4-5-15-34/h2-3,8-13,17-18H,4-7,14-16H2,1H3,(H,33,35)(H2,32,36,37). The van der Waals surface area contributed by atoms with Crippen molar-refractivity contribution < 1.29 is 31.1 Å². The van der Waals surface area contributed by atoms with E-state index in [4.69, 9.17) is 9.88 Å². The molecule has 0 unspecified atom stereocenters. The Morgan fingerprint density at radius 1 is 1.03 bits per heavy atom. The fourth-order valence-corrected chi connectivity index (χ4v) is 5.53. The lowest BCUT2D eigenvalue weighted by Crippen LogP contribution is -2.20. The first-order valence-corrected chi connectivity index (χ1v) is 14.1. The van der Waals surface area contributed by atoms with Crippen molar-refractivity contribution in [3.63, 3.8) is 0 Å². The number of hydrogen-bond donors (Lipinski definition) is 2. The summed E-state index contributed by atoms with van der Waals surface area (Å²) in [5.41, 5.74) is 1.04. The van der Waals surface area contributed by atoms with Gasteiger partial charge in [-0.3, -0.25) is 4.79 Å². The first kappa shape index (κ1) is 28.6. The number of anilines is 1. The van der Waals surface area contributed by atoms with Crippen LogP contribution in [-0.2, 0) is 22.6 Å². The fraction of sp³-hybridized carbons (Fsp3) is 0.321. The lowest BCUT2D eigenvalue weighted by atomic mass is 9.92. The molecule has 7 nitrogen and oxygen atoms in total. The fourth-order valence-electron chi connectivity index (χ4n) is 4.85. The smallest absolute Gasteiger partial charge is 0.417 e. The van der Waals surface area contributed by atoms with E-state index in [0.717, 1.165) is 45.0 Å². The number of carbonyl (C=O) groups is 1. The summed E-state index contributed by atoms with van der Waals surface area (Å²) in [4.78, 5) is 15.1. The second-order valence-corrected chi connectivity index (χ2v) is 11.0. The van der Waals surface area contributed by atoms with E-state index >= 15 is 0 Å². The molecule has 1 saturated heterocycles. The van der Waals surface area contributed by atoms with Crippen LogP contribution in [0, 0.1) is 0 Å². The molecule has 0 aromatic heterocycles. The summed E-state index contributed by atoms with van der Waals surface area (Å²) in [6, 6.07) is 14.1. The van der Waals surface area contributed by atoms with Crippen molar-refractivity contribution in [2.45, 2.75) is 36.8 Å². The zero-order chi connectivity index (χ0) is 28.2. The average Bonchev–Trinajstić information content (AvgIpc) is 3.41. The molecule has 3 aromatic rings. The summed E-state index contributed by atoms with van der Waals surface area (Å²) in [5, 5.41) is 7.95. The Kier molecular flexibility index (Phi) is 8.63. The van der Waals surface area contributed by atoms with Gasteiger partial charge in [-0.05, 0) is 98.4 Å². The van der Waals surface area contributed by atoms with E-state index in [2.05, 4.69) is 10.2 Å². The third kappa shape index (κ3) is 6.97. The number of benzene rings is 3. The molecule has 0 saturated carbocycles. The van der Waals surface area contributed by atoms with Crippen LogP contribution in [0.15, 0.2) is 65.6 Å². The van der Waals surface area contributed by atoms with E-state index in [0.29, 0.717) is 23.2 Å².